The van der Waals surface area contributed by atoms with Gasteiger partial charge in [0.1, 0.15) is 0 Å². The van der Waals surface area contributed by atoms with Crippen molar-refractivity contribution in [2.45, 2.75) is 26.4 Å². The maximum atomic E-state index is 12.1. The van der Waals surface area contributed by atoms with Crippen molar-refractivity contribution in [2.75, 3.05) is 5.32 Å². The predicted molar refractivity (Wildman–Crippen MR) is 99.4 cm³/mol. The molecule has 5 heteroatoms. The molecule has 0 aliphatic rings. The van der Waals surface area contributed by atoms with Crippen LogP contribution in [0, 0.1) is 0 Å². The average Bonchev–Trinajstić information content (AvgIpc) is 3.13. The summed E-state index contributed by atoms with van der Waals surface area (Å²) >= 11 is 0. The lowest BCUT2D eigenvalue weighted by Crippen LogP contribution is -2.28. The largest absolute Gasteiger partial charge is 0.334 e. The van der Waals surface area contributed by atoms with Crippen molar-refractivity contribution >= 4 is 11.7 Å². The van der Waals surface area contributed by atoms with Crippen LogP contribution >= 0.6 is 0 Å². The van der Waals surface area contributed by atoms with E-state index < -0.39 is 0 Å². The highest BCUT2D eigenvalue weighted by atomic mass is 16.2. The fraction of sp³-hybridized carbons (Fsp3) is 0.200. The van der Waals surface area contributed by atoms with Gasteiger partial charge in [-0.1, -0.05) is 43.3 Å². The van der Waals surface area contributed by atoms with Crippen LogP contribution in [0.1, 0.15) is 23.6 Å². The first-order chi connectivity index (χ1) is 12.2. The lowest BCUT2D eigenvalue weighted by Gasteiger charge is -2.10. The molecular weight excluding hydrogens is 312 g/mol. The number of amides is 2. The fourth-order valence-corrected chi connectivity index (χ4v) is 2.66. The van der Waals surface area contributed by atoms with E-state index in [1.54, 1.807) is 12.5 Å². The van der Waals surface area contributed by atoms with E-state index in [4.69, 9.17) is 0 Å². The minimum Gasteiger partial charge on any atom is -0.334 e. The van der Waals surface area contributed by atoms with Gasteiger partial charge in [-0.25, -0.2) is 9.78 Å². The summed E-state index contributed by atoms with van der Waals surface area (Å²) in [6, 6.07) is 15.9. The van der Waals surface area contributed by atoms with Gasteiger partial charge in [0.25, 0.3) is 0 Å². The van der Waals surface area contributed by atoms with Crippen LogP contribution in [0.4, 0.5) is 10.5 Å². The summed E-state index contributed by atoms with van der Waals surface area (Å²) < 4.78 is 2.01. The van der Waals surface area contributed by atoms with Gasteiger partial charge in [-0.3, -0.25) is 0 Å². The third-order valence-electron chi connectivity index (χ3n) is 3.96. The lowest BCUT2D eigenvalue weighted by molar-refractivity contribution is 0.251. The number of hydrogen-bond acceptors (Lipinski definition) is 2. The number of anilines is 1. The molecule has 0 aliphatic carbocycles. The molecule has 0 spiro atoms. The summed E-state index contributed by atoms with van der Waals surface area (Å²) in [5.41, 5.74) is 4.25. The van der Waals surface area contributed by atoms with Crippen molar-refractivity contribution in [3.63, 3.8) is 0 Å². The van der Waals surface area contributed by atoms with Crippen molar-refractivity contribution in [3.05, 3.63) is 83.9 Å². The molecule has 0 saturated heterocycles. The molecule has 3 aromatic rings. The summed E-state index contributed by atoms with van der Waals surface area (Å²) in [4.78, 5) is 16.1. The Labute approximate surface area is 147 Å². The van der Waals surface area contributed by atoms with Gasteiger partial charge in [0, 0.05) is 31.2 Å². The van der Waals surface area contributed by atoms with E-state index in [0.29, 0.717) is 6.54 Å². The first-order valence-corrected chi connectivity index (χ1v) is 8.40. The van der Waals surface area contributed by atoms with Crippen LogP contribution in [0.2, 0.25) is 0 Å². The maximum Gasteiger partial charge on any atom is 0.319 e. The molecule has 0 fully saturated rings. The minimum absolute atomic E-state index is 0.201. The lowest BCUT2D eigenvalue weighted by atomic mass is 10.1. The highest BCUT2D eigenvalue weighted by Gasteiger charge is 2.03. The Kier molecular flexibility index (Phi) is 5.46. The molecule has 2 amide bonds. The van der Waals surface area contributed by atoms with Gasteiger partial charge in [-0.2, -0.15) is 0 Å². The topological polar surface area (TPSA) is 59.0 Å². The number of urea groups is 1. The molecule has 2 N–H and O–H groups in total. The van der Waals surface area contributed by atoms with Crippen LogP contribution in [0.5, 0.6) is 0 Å². The second-order valence-corrected chi connectivity index (χ2v) is 5.92. The molecule has 25 heavy (non-hydrogen) atoms. The Balaban J connectivity index is 1.54. The van der Waals surface area contributed by atoms with Crippen molar-refractivity contribution in [2.24, 2.45) is 0 Å². The third kappa shape index (κ3) is 4.94. The number of aryl methyl sites for hydroxylation is 1. The number of benzene rings is 2. The number of imidazole rings is 1. The Morgan fingerprint density at radius 2 is 1.88 bits per heavy atom. The predicted octanol–water partition coefficient (Wildman–Crippen LogP) is 3.82. The van der Waals surface area contributed by atoms with Gasteiger partial charge in [0.2, 0.25) is 0 Å². The first-order valence-electron chi connectivity index (χ1n) is 8.40. The minimum atomic E-state index is -0.201. The molecule has 1 aromatic heterocycles. The first kappa shape index (κ1) is 16.8. The van der Waals surface area contributed by atoms with E-state index in [9.17, 15) is 4.79 Å². The highest BCUT2D eigenvalue weighted by molar-refractivity contribution is 5.89. The Bertz CT molecular complexity index is 827. The van der Waals surface area contributed by atoms with Crippen LogP contribution in [0.15, 0.2) is 67.3 Å². The SMILES string of the molecule is CCc1cccc(NC(=O)NCc2cccc(Cn3ccnc3)c2)c1. The number of nitrogens with zero attached hydrogens (tertiary/aromatic N) is 2. The molecule has 0 radical (unpaired) electrons. The molecule has 0 bridgehead atoms. The van der Waals surface area contributed by atoms with E-state index in [0.717, 1.165) is 24.2 Å². The second kappa shape index (κ2) is 8.15. The number of carbonyl (C=O) groups excluding carboxylic acids is 1. The third-order valence-corrected chi connectivity index (χ3v) is 3.96. The quantitative estimate of drug-likeness (QED) is 0.720. The number of hydrogen-bond donors (Lipinski definition) is 2. The zero-order valence-corrected chi connectivity index (χ0v) is 14.3. The summed E-state index contributed by atoms with van der Waals surface area (Å²) in [5, 5.41) is 5.78. The fourth-order valence-electron chi connectivity index (χ4n) is 2.66. The summed E-state index contributed by atoms with van der Waals surface area (Å²) in [6.45, 7) is 3.34. The molecule has 0 saturated carbocycles. The van der Waals surface area contributed by atoms with Crippen molar-refractivity contribution in [3.8, 4) is 0 Å². The van der Waals surface area contributed by atoms with Crippen LogP contribution in [0.25, 0.3) is 0 Å². The molecule has 0 aliphatic heterocycles. The molecule has 2 aromatic carbocycles. The summed E-state index contributed by atoms with van der Waals surface area (Å²) in [5.74, 6) is 0. The van der Waals surface area contributed by atoms with Crippen molar-refractivity contribution < 1.29 is 4.79 Å². The van der Waals surface area contributed by atoms with Crippen LogP contribution in [-0.2, 0) is 19.5 Å². The standard InChI is InChI=1S/C20H22N4O/c1-2-16-5-4-8-19(12-16)23-20(25)22-13-17-6-3-7-18(11-17)14-24-10-9-21-15-24/h3-12,15H,2,13-14H2,1H3,(H2,22,23,25). The normalized spacial score (nSPS) is 10.4. The van der Waals surface area contributed by atoms with E-state index in [2.05, 4.69) is 40.7 Å². The molecular formula is C20H22N4O. The van der Waals surface area contributed by atoms with E-state index in [1.165, 1.54) is 11.1 Å². The van der Waals surface area contributed by atoms with E-state index >= 15 is 0 Å². The van der Waals surface area contributed by atoms with Gasteiger partial charge in [0.05, 0.1) is 6.33 Å². The molecule has 128 valence electrons. The highest BCUT2D eigenvalue weighted by Crippen LogP contribution is 2.11. The number of rotatable bonds is 6. The average molecular weight is 334 g/mol. The van der Waals surface area contributed by atoms with Gasteiger partial charge >= 0.3 is 6.03 Å². The van der Waals surface area contributed by atoms with E-state index in [1.807, 2.05) is 41.1 Å². The summed E-state index contributed by atoms with van der Waals surface area (Å²) in [7, 11) is 0. The zero-order chi connectivity index (χ0) is 17.5. The molecule has 5 nitrogen and oxygen atoms in total. The van der Waals surface area contributed by atoms with Crippen molar-refractivity contribution in [1.29, 1.82) is 0 Å². The Hall–Kier alpha value is -3.08. The monoisotopic (exact) mass is 334 g/mol. The Morgan fingerprint density at radius 3 is 2.68 bits per heavy atom. The Morgan fingerprint density at radius 1 is 1.08 bits per heavy atom. The molecule has 0 unspecified atom stereocenters. The smallest absolute Gasteiger partial charge is 0.319 e. The zero-order valence-electron chi connectivity index (χ0n) is 14.3. The van der Waals surface area contributed by atoms with Crippen LogP contribution in [-0.4, -0.2) is 15.6 Å². The number of aromatic nitrogens is 2. The van der Waals surface area contributed by atoms with Crippen molar-refractivity contribution in [1.82, 2.24) is 14.9 Å². The van der Waals surface area contributed by atoms with Gasteiger partial charge in [-0.15, -0.1) is 0 Å². The second-order valence-electron chi connectivity index (χ2n) is 5.92. The van der Waals surface area contributed by atoms with Crippen LogP contribution < -0.4 is 10.6 Å². The molecule has 0 atom stereocenters. The van der Waals surface area contributed by atoms with Gasteiger partial charge in [0.15, 0.2) is 0 Å². The van der Waals surface area contributed by atoms with Gasteiger partial charge in [-0.05, 0) is 35.2 Å². The molecule has 3 rings (SSSR count). The number of carbonyl (C=O) groups is 1. The van der Waals surface area contributed by atoms with Crippen LogP contribution in [0.3, 0.4) is 0 Å². The maximum absolute atomic E-state index is 12.1. The van der Waals surface area contributed by atoms with E-state index in [-0.39, 0.29) is 6.03 Å². The summed E-state index contributed by atoms with van der Waals surface area (Å²) in [6.07, 6.45) is 6.44. The number of nitrogens with one attached hydrogen (secondary N) is 2. The van der Waals surface area contributed by atoms with Gasteiger partial charge < -0.3 is 15.2 Å². The molecule has 1 heterocycles.